The summed E-state index contributed by atoms with van der Waals surface area (Å²) in [5.74, 6) is 1.45. The second-order valence-corrected chi connectivity index (χ2v) is 6.31. The summed E-state index contributed by atoms with van der Waals surface area (Å²) >= 11 is 0. The molecule has 1 aromatic rings. The summed E-state index contributed by atoms with van der Waals surface area (Å²) < 4.78 is 5.79. The number of carbonyl (C=O) groups is 1. The van der Waals surface area contributed by atoms with Gasteiger partial charge in [-0.05, 0) is 63.0 Å². The molecule has 1 aliphatic heterocycles. The number of Topliss-reactive ketones (excluding diaryl/α,β-unsaturated/α-hetero) is 1. The van der Waals surface area contributed by atoms with Gasteiger partial charge in [0, 0.05) is 31.1 Å². The van der Waals surface area contributed by atoms with E-state index in [1.54, 1.807) is 0 Å². The molecule has 4 heteroatoms. The van der Waals surface area contributed by atoms with Gasteiger partial charge in [-0.1, -0.05) is 0 Å². The third-order valence-corrected chi connectivity index (χ3v) is 4.41. The van der Waals surface area contributed by atoms with E-state index in [1.807, 2.05) is 24.3 Å². The summed E-state index contributed by atoms with van der Waals surface area (Å²) in [5.41, 5.74) is 0.826. The van der Waals surface area contributed by atoms with Gasteiger partial charge in [0.1, 0.15) is 5.75 Å². The van der Waals surface area contributed by atoms with Crippen molar-refractivity contribution in [3.8, 4) is 5.75 Å². The highest BCUT2D eigenvalue weighted by molar-refractivity contribution is 5.99. The molecule has 1 aliphatic carbocycles. The maximum atomic E-state index is 11.9. The van der Waals surface area contributed by atoms with E-state index in [0.29, 0.717) is 5.78 Å². The van der Waals surface area contributed by atoms with E-state index in [-0.39, 0.29) is 5.92 Å². The van der Waals surface area contributed by atoms with Crippen LogP contribution in [0, 0.1) is 5.92 Å². The van der Waals surface area contributed by atoms with Gasteiger partial charge in [-0.15, -0.1) is 0 Å². The molecule has 4 nitrogen and oxygen atoms in total. The molecule has 1 saturated heterocycles. The Morgan fingerprint density at radius 2 is 2.00 bits per heavy atom. The van der Waals surface area contributed by atoms with Crippen LogP contribution in [0.1, 0.15) is 36.0 Å². The smallest absolute Gasteiger partial charge is 0.165 e. The first-order valence-corrected chi connectivity index (χ1v) is 8.53. The molecular weight excluding hydrogens is 276 g/mol. The van der Waals surface area contributed by atoms with Gasteiger partial charge in [-0.25, -0.2) is 0 Å². The van der Waals surface area contributed by atoms with Crippen LogP contribution in [0.4, 0.5) is 0 Å². The molecule has 1 aromatic carbocycles. The molecule has 1 N–H and O–H groups in total. The number of ether oxygens (including phenoxy) is 1. The minimum absolute atomic E-state index is 0.287. The van der Waals surface area contributed by atoms with E-state index in [9.17, 15) is 4.79 Å². The Morgan fingerprint density at radius 1 is 1.18 bits per heavy atom. The van der Waals surface area contributed by atoms with Crippen LogP contribution < -0.4 is 10.1 Å². The summed E-state index contributed by atoms with van der Waals surface area (Å²) in [7, 11) is 0. The van der Waals surface area contributed by atoms with Gasteiger partial charge in [0.15, 0.2) is 5.78 Å². The number of hydrogen-bond donors (Lipinski definition) is 1. The molecule has 0 radical (unpaired) electrons. The van der Waals surface area contributed by atoms with Crippen LogP contribution >= 0.6 is 0 Å². The Morgan fingerprint density at radius 3 is 2.77 bits per heavy atom. The molecule has 3 rings (SSSR count). The largest absolute Gasteiger partial charge is 0.494 e. The van der Waals surface area contributed by atoms with Crippen molar-refractivity contribution in [2.24, 2.45) is 5.92 Å². The zero-order valence-corrected chi connectivity index (χ0v) is 13.2. The van der Waals surface area contributed by atoms with Crippen LogP contribution in [-0.2, 0) is 0 Å². The van der Waals surface area contributed by atoms with Crippen LogP contribution in [-0.4, -0.2) is 50.0 Å². The van der Waals surface area contributed by atoms with Gasteiger partial charge in [-0.2, -0.15) is 0 Å². The van der Waals surface area contributed by atoms with Crippen LogP contribution in [0.3, 0.4) is 0 Å². The monoisotopic (exact) mass is 302 g/mol. The van der Waals surface area contributed by atoms with Gasteiger partial charge in [0.05, 0.1) is 6.61 Å². The van der Waals surface area contributed by atoms with E-state index in [4.69, 9.17) is 4.74 Å². The zero-order chi connectivity index (χ0) is 15.2. The van der Waals surface area contributed by atoms with E-state index in [2.05, 4.69) is 10.2 Å². The molecule has 0 bridgehead atoms. The molecule has 22 heavy (non-hydrogen) atoms. The quantitative estimate of drug-likeness (QED) is 0.620. The van der Waals surface area contributed by atoms with Crippen molar-refractivity contribution in [1.82, 2.24) is 10.2 Å². The first-order chi connectivity index (χ1) is 10.8. The molecular formula is C18H26N2O2. The SMILES string of the molecule is O=C(c1ccc(OCCCN2CCCNCC2)cc1)C1CC1. The highest BCUT2D eigenvalue weighted by atomic mass is 16.5. The fourth-order valence-corrected chi connectivity index (χ4v) is 2.90. The lowest BCUT2D eigenvalue weighted by molar-refractivity contribution is 0.0967. The predicted molar refractivity (Wildman–Crippen MR) is 87.5 cm³/mol. The Kier molecular flexibility index (Phi) is 5.46. The third kappa shape index (κ3) is 4.55. The molecule has 120 valence electrons. The third-order valence-electron chi connectivity index (χ3n) is 4.41. The Bertz CT molecular complexity index is 474. The maximum Gasteiger partial charge on any atom is 0.165 e. The highest BCUT2D eigenvalue weighted by Crippen LogP contribution is 2.32. The van der Waals surface area contributed by atoms with Crippen molar-refractivity contribution < 1.29 is 9.53 Å². The summed E-state index contributed by atoms with van der Waals surface area (Å²) in [6.07, 6.45) is 4.40. The Hall–Kier alpha value is -1.39. The Balaban J connectivity index is 1.37. The number of carbonyl (C=O) groups excluding carboxylic acids is 1. The summed E-state index contributed by atoms with van der Waals surface area (Å²) in [6.45, 7) is 6.39. The van der Waals surface area contributed by atoms with Crippen LogP contribution in [0.2, 0.25) is 0 Å². The van der Waals surface area contributed by atoms with Crippen molar-refractivity contribution in [1.29, 1.82) is 0 Å². The first-order valence-electron chi connectivity index (χ1n) is 8.53. The van der Waals surface area contributed by atoms with Gasteiger partial charge < -0.3 is 15.0 Å². The average molecular weight is 302 g/mol. The highest BCUT2D eigenvalue weighted by Gasteiger charge is 2.30. The number of hydrogen-bond acceptors (Lipinski definition) is 4. The standard InChI is InChI=1S/C18H26N2O2/c21-18(15-3-4-15)16-5-7-17(8-6-16)22-14-2-12-20-11-1-9-19-10-13-20/h5-8,15,19H,1-4,9-14H2. The van der Waals surface area contributed by atoms with Crippen LogP contribution in [0.25, 0.3) is 0 Å². The second kappa shape index (κ2) is 7.75. The summed E-state index contributed by atoms with van der Waals surface area (Å²) in [4.78, 5) is 14.4. The van der Waals surface area contributed by atoms with E-state index in [1.165, 1.54) is 13.0 Å². The van der Waals surface area contributed by atoms with Gasteiger partial charge in [0.2, 0.25) is 0 Å². The molecule has 0 unspecified atom stereocenters. The maximum absolute atomic E-state index is 11.9. The van der Waals surface area contributed by atoms with Gasteiger partial charge in [0.25, 0.3) is 0 Å². The minimum Gasteiger partial charge on any atom is -0.494 e. The number of rotatable bonds is 7. The van der Waals surface area contributed by atoms with E-state index >= 15 is 0 Å². The molecule has 0 amide bonds. The average Bonchev–Trinajstić information content (AvgIpc) is 3.38. The van der Waals surface area contributed by atoms with Gasteiger partial charge in [-0.3, -0.25) is 4.79 Å². The van der Waals surface area contributed by atoms with Crippen LogP contribution in [0.5, 0.6) is 5.75 Å². The number of ketones is 1. The zero-order valence-electron chi connectivity index (χ0n) is 13.2. The molecule has 0 atom stereocenters. The fourth-order valence-electron chi connectivity index (χ4n) is 2.90. The van der Waals surface area contributed by atoms with E-state index < -0.39 is 0 Å². The minimum atomic E-state index is 0.287. The van der Waals surface area contributed by atoms with Gasteiger partial charge >= 0.3 is 0 Å². The van der Waals surface area contributed by atoms with E-state index in [0.717, 1.165) is 63.4 Å². The van der Waals surface area contributed by atoms with Crippen molar-refractivity contribution in [2.45, 2.75) is 25.7 Å². The number of benzene rings is 1. The Labute approximate surface area is 132 Å². The molecule has 1 saturated carbocycles. The topological polar surface area (TPSA) is 41.6 Å². The van der Waals surface area contributed by atoms with Crippen molar-refractivity contribution in [3.63, 3.8) is 0 Å². The molecule has 1 heterocycles. The van der Waals surface area contributed by atoms with Crippen LogP contribution in [0.15, 0.2) is 24.3 Å². The fraction of sp³-hybridized carbons (Fsp3) is 0.611. The van der Waals surface area contributed by atoms with Crippen molar-refractivity contribution >= 4 is 5.78 Å². The second-order valence-electron chi connectivity index (χ2n) is 6.31. The lowest BCUT2D eigenvalue weighted by Crippen LogP contribution is -2.29. The lowest BCUT2D eigenvalue weighted by Gasteiger charge is -2.19. The molecule has 2 fully saturated rings. The van der Waals surface area contributed by atoms with Crippen molar-refractivity contribution in [2.75, 3.05) is 39.3 Å². The number of nitrogens with zero attached hydrogens (tertiary/aromatic N) is 1. The summed E-state index contributed by atoms with van der Waals surface area (Å²) in [6, 6.07) is 7.64. The molecule has 2 aliphatic rings. The normalized spacial score (nSPS) is 19.6. The number of nitrogens with one attached hydrogen (secondary N) is 1. The lowest BCUT2D eigenvalue weighted by atomic mass is 10.1. The first kappa shape index (κ1) is 15.5. The predicted octanol–water partition coefficient (Wildman–Crippen LogP) is 2.34. The van der Waals surface area contributed by atoms with Crippen molar-refractivity contribution in [3.05, 3.63) is 29.8 Å². The molecule has 0 aromatic heterocycles. The summed E-state index contributed by atoms with van der Waals surface area (Å²) in [5, 5.41) is 3.42. The molecule has 0 spiro atoms.